The van der Waals surface area contributed by atoms with Gasteiger partial charge in [0.25, 0.3) is 0 Å². The predicted octanol–water partition coefficient (Wildman–Crippen LogP) is 2.85. The number of hydrogen-bond donors (Lipinski definition) is 0. The van der Waals surface area contributed by atoms with E-state index in [0.717, 1.165) is 9.37 Å². The molecule has 78 valence electrons. The van der Waals surface area contributed by atoms with Gasteiger partial charge in [-0.3, -0.25) is 0 Å². The SMILES string of the molecule is COC(=O)c1ccc(Br)cc1SCC#N. The normalized spacial score (nSPS) is 9.40. The molecule has 1 rings (SSSR count). The van der Waals surface area contributed by atoms with Crippen LogP contribution in [0.5, 0.6) is 0 Å². The minimum atomic E-state index is -0.386. The van der Waals surface area contributed by atoms with Crippen molar-refractivity contribution in [3.8, 4) is 6.07 Å². The van der Waals surface area contributed by atoms with Crippen LogP contribution in [0.25, 0.3) is 0 Å². The highest BCUT2D eigenvalue weighted by atomic mass is 79.9. The van der Waals surface area contributed by atoms with Gasteiger partial charge in [-0.1, -0.05) is 15.9 Å². The minimum absolute atomic E-state index is 0.306. The fraction of sp³-hybridized carbons (Fsp3) is 0.200. The average Bonchev–Trinajstić information content (AvgIpc) is 2.25. The van der Waals surface area contributed by atoms with Crippen LogP contribution in [0.1, 0.15) is 10.4 Å². The van der Waals surface area contributed by atoms with Crippen LogP contribution in [0, 0.1) is 11.3 Å². The molecule has 0 aliphatic heterocycles. The van der Waals surface area contributed by atoms with Gasteiger partial charge in [-0.15, -0.1) is 11.8 Å². The Morgan fingerprint density at radius 2 is 2.40 bits per heavy atom. The van der Waals surface area contributed by atoms with Gasteiger partial charge in [0.1, 0.15) is 0 Å². The lowest BCUT2D eigenvalue weighted by molar-refractivity contribution is 0.0597. The van der Waals surface area contributed by atoms with Crippen LogP contribution in [0.15, 0.2) is 27.6 Å². The third-order valence-corrected chi connectivity index (χ3v) is 3.06. The van der Waals surface area contributed by atoms with Crippen molar-refractivity contribution in [2.45, 2.75) is 4.90 Å². The standard InChI is InChI=1S/C10H8BrNO2S/c1-14-10(13)8-3-2-7(11)6-9(8)15-5-4-12/h2-3,6H,5H2,1H3. The van der Waals surface area contributed by atoms with Gasteiger partial charge in [0.15, 0.2) is 0 Å². The maximum absolute atomic E-state index is 11.4. The second-order valence-electron chi connectivity index (χ2n) is 2.58. The Hall–Kier alpha value is -0.990. The lowest BCUT2D eigenvalue weighted by Gasteiger charge is -2.05. The molecule has 0 aliphatic carbocycles. The number of benzene rings is 1. The number of thioether (sulfide) groups is 1. The Labute approximate surface area is 101 Å². The fourth-order valence-electron chi connectivity index (χ4n) is 1.00. The lowest BCUT2D eigenvalue weighted by atomic mass is 10.2. The molecule has 0 bridgehead atoms. The van der Waals surface area contributed by atoms with Crippen molar-refractivity contribution in [1.29, 1.82) is 5.26 Å². The summed E-state index contributed by atoms with van der Waals surface area (Å²) in [4.78, 5) is 12.1. The van der Waals surface area contributed by atoms with E-state index in [0.29, 0.717) is 11.3 Å². The molecular weight excluding hydrogens is 278 g/mol. The summed E-state index contributed by atoms with van der Waals surface area (Å²) < 4.78 is 5.52. The highest BCUT2D eigenvalue weighted by Gasteiger charge is 2.12. The molecule has 0 N–H and O–H groups in total. The van der Waals surface area contributed by atoms with Crippen LogP contribution in [-0.2, 0) is 4.74 Å². The van der Waals surface area contributed by atoms with E-state index < -0.39 is 0 Å². The van der Waals surface area contributed by atoms with Crippen molar-refractivity contribution in [2.75, 3.05) is 12.9 Å². The number of ether oxygens (including phenoxy) is 1. The zero-order valence-corrected chi connectivity index (χ0v) is 10.4. The maximum Gasteiger partial charge on any atom is 0.338 e. The number of halogens is 1. The number of rotatable bonds is 3. The molecule has 0 aliphatic rings. The second-order valence-corrected chi connectivity index (χ2v) is 4.51. The first-order valence-electron chi connectivity index (χ1n) is 4.06. The molecule has 0 atom stereocenters. The van der Waals surface area contributed by atoms with Gasteiger partial charge < -0.3 is 4.74 Å². The van der Waals surface area contributed by atoms with Crippen molar-refractivity contribution in [2.24, 2.45) is 0 Å². The molecular formula is C10H8BrNO2S. The maximum atomic E-state index is 11.4. The Bertz CT molecular complexity index is 414. The highest BCUT2D eigenvalue weighted by Crippen LogP contribution is 2.26. The third-order valence-electron chi connectivity index (χ3n) is 1.64. The van der Waals surface area contributed by atoms with Gasteiger partial charge in [-0.05, 0) is 18.2 Å². The van der Waals surface area contributed by atoms with E-state index in [2.05, 4.69) is 20.7 Å². The number of hydrogen-bond acceptors (Lipinski definition) is 4. The van der Waals surface area contributed by atoms with Gasteiger partial charge in [0.05, 0.1) is 24.5 Å². The first-order chi connectivity index (χ1) is 7.19. The summed E-state index contributed by atoms with van der Waals surface area (Å²) in [5.41, 5.74) is 0.487. The van der Waals surface area contributed by atoms with E-state index in [1.54, 1.807) is 18.2 Å². The summed E-state index contributed by atoms with van der Waals surface area (Å²) in [7, 11) is 1.34. The summed E-state index contributed by atoms with van der Waals surface area (Å²) in [6, 6.07) is 7.26. The molecule has 5 heteroatoms. The van der Waals surface area contributed by atoms with Crippen LogP contribution < -0.4 is 0 Å². The zero-order valence-electron chi connectivity index (χ0n) is 7.99. The molecule has 15 heavy (non-hydrogen) atoms. The largest absolute Gasteiger partial charge is 0.465 e. The summed E-state index contributed by atoms with van der Waals surface area (Å²) >= 11 is 4.62. The number of carbonyl (C=O) groups excluding carboxylic acids is 1. The Morgan fingerprint density at radius 3 is 3.00 bits per heavy atom. The molecule has 0 spiro atoms. The quantitative estimate of drug-likeness (QED) is 0.633. The van der Waals surface area contributed by atoms with Crippen molar-refractivity contribution in [3.05, 3.63) is 28.2 Å². The van der Waals surface area contributed by atoms with Crippen LogP contribution in [-0.4, -0.2) is 18.8 Å². The van der Waals surface area contributed by atoms with Crippen molar-refractivity contribution < 1.29 is 9.53 Å². The topological polar surface area (TPSA) is 50.1 Å². The molecule has 0 saturated carbocycles. The molecule has 0 saturated heterocycles. The van der Waals surface area contributed by atoms with E-state index >= 15 is 0 Å². The van der Waals surface area contributed by atoms with Crippen LogP contribution in [0.4, 0.5) is 0 Å². The molecule has 0 radical (unpaired) electrons. The van der Waals surface area contributed by atoms with Gasteiger partial charge in [-0.25, -0.2) is 4.79 Å². The number of esters is 1. The van der Waals surface area contributed by atoms with Crippen LogP contribution >= 0.6 is 27.7 Å². The summed E-state index contributed by atoms with van der Waals surface area (Å²) in [6.07, 6.45) is 0. The highest BCUT2D eigenvalue weighted by molar-refractivity contribution is 9.10. The van der Waals surface area contributed by atoms with Gasteiger partial charge in [0, 0.05) is 9.37 Å². The molecule has 0 aromatic heterocycles. The molecule has 0 heterocycles. The molecule has 1 aromatic rings. The third kappa shape index (κ3) is 3.26. The van der Waals surface area contributed by atoms with Gasteiger partial charge in [0.2, 0.25) is 0 Å². The fourth-order valence-corrected chi connectivity index (χ4v) is 2.25. The van der Waals surface area contributed by atoms with Gasteiger partial charge >= 0.3 is 5.97 Å². The van der Waals surface area contributed by atoms with E-state index in [-0.39, 0.29) is 5.97 Å². The molecule has 0 fully saturated rings. The number of nitriles is 1. The molecule has 1 aromatic carbocycles. The Kier molecular flexibility index (Phi) is 4.66. The van der Waals surface area contributed by atoms with Crippen molar-refractivity contribution >= 4 is 33.7 Å². The number of carbonyl (C=O) groups is 1. The Morgan fingerprint density at radius 1 is 1.67 bits per heavy atom. The van der Waals surface area contributed by atoms with Crippen molar-refractivity contribution in [3.63, 3.8) is 0 Å². The van der Waals surface area contributed by atoms with Crippen molar-refractivity contribution in [1.82, 2.24) is 0 Å². The first-order valence-corrected chi connectivity index (χ1v) is 5.84. The molecule has 0 unspecified atom stereocenters. The lowest BCUT2D eigenvalue weighted by Crippen LogP contribution is -2.03. The van der Waals surface area contributed by atoms with Gasteiger partial charge in [-0.2, -0.15) is 5.26 Å². The predicted molar refractivity (Wildman–Crippen MR) is 61.8 cm³/mol. The van der Waals surface area contributed by atoms with E-state index in [4.69, 9.17) is 5.26 Å². The average molecular weight is 286 g/mol. The molecule has 0 amide bonds. The first kappa shape index (κ1) is 12.1. The van der Waals surface area contributed by atoms with Crippen LogP contribution in [0.3, 0.4) is 0 Å². The van der Waals surface area contributed by atoms with Crippen LogP contribution in [0.2, 0.25) is 0 Å². The summed E-state index contributed by atoms with van der Waals surface area (Å²) in [5, 5.41) is 8.48. The zero-order chi connectivity index (χ0) is 11.3. The monoisotopic (exact) mass is 285 g/mol. The summed E-state index contributed by atoms with van der Waals surface area (Å²) in [6.45, 7) is 0. The summed E-state index contributed by atoms with van der Waals surface area (Å²) in [5.74, 6) is -0.0802. The van der Waals surface area contributed by atoms with E-state index in [1.165, 1.54) is 18.9 Å². The number of nitrogens with zero attached hydrogens (tertiary/aromatic N) is 1. The second kappa shape index (κ2) is 5.79. The van der Waals surface area contributed by atoms with E-state index in [9.17, 15) is 4.79 Å². The smallest absolute Gasteiger partial charge is 0.338 e. The minimum Gasteiger partial charge on any atom is -0.465 e. The number of methoxy groups -OCH3 is 1. The Balaban J connectivity index is 3.04. The van der Waals surface area contributed by atoms with E-state index in [1.807, 2.05) is 6.07 Å². The molecule has 3 nitrogen and oxygen atoms in total.